The van der Waals surface area contributed by atoms with Crippen LogP contribution in [0.5, 0.6) is 11.5 Å². The van der Waals surface area contributed by atoms with Crippen LogP contribution in [0.15, 0.2) is 22.7 Å². The van der Waals surface area contributed by atoms with Gasteiger partial charge < -0.3 is 9.63 Å². The van der Waals surface area contributed by atoms with E-state index in [2.05, 4.69) is 25.0 Å². The van der Waals surface area contributed by atoms with Crippen molar-refractivity contribution in [3.05, 3.63) is 22.7 Å². The van der Waals surface area contributed by atoms with Gasteiger partial charge in [-0.15, -0.1) is 0 Å². The molecule has 0 spiro atoms. The number of benzene rings is 1. The maximum atomic E-state index is 11.6. The van der Waals surface area contributed by atoms with E-state index in [9.17, 15) is 4.57 Å². The zero-order chi connectivity index (χ0) is 11.5. The summed E-state index contributed by atoms with van der Waals surface area (Å²) in [7, 11) is -1.12. The molecule has 1 aromatic carbocycles. The normalized spacial score (nSPS) is 11.4. The Morgan fingerprint density at radius 1 is 1.33 bits per heavy atom. The summed E-state index contributed by atoms with van der Waals surface area (Å²) in [5.74, 6) is 0.332. The summed E-state index contributed by atoms with van der Waals surface area (Å²) >= 11 is 3.14. The van der Waals surface area contributed by atoms with Gasteiger partial charge in [-0.05, 0) is 34.1 Å². The molecule has 0 saturated heterocycles. The number of halogens is 1. The van der Waals surface area contributed by atoms with Gasteiger partial charge in [-0.2, -0.15) is 0 Å². The van der Waals surface area contributed by atoms with E-state index in [4.69, 9.17) is 9.63 Å². The average Bonchev–Trinajstić information content (AvgIpc) is 2.22. The van der Waals surface area contributed by atoms with Crippen LogP contribution in [0.25, 0.3) is 0 Å². The zero-order valence-electron chi connectivity index (χ0n) is 8.14. The molecule has 0 fully saturated rings. The van der Waals surface area contributed by atoms with Crippen molar-refractivity contribution in [2.45, 2.75) is 0 Å². The smallest absolute Gasteiger partial charge is 0.508 e. The molecule has 0 heterocycles. The highest BCUT2D eigenvalue weighted by molar-refractivity contribution is 9.10. The van der Waals surface area contributed by atoms with Crippen molar-refractivity contribution in [2.75, 3.05) is 14.2 Å². The maximum Gasteiger partial charge on any atom is 0.529 e. The van der Waals surface area contributed by atoms with Crippen molar-refractivity contribution in [3.63, 3.8) is 0 Å². The highest BCUT2D eigenvalue weighted by Gasteiger charge is 2.25. The SMILES string of the molecule is COP(=O)(OC)Oc1ccc(O)cc1Br. The van der Waals surface area contributed by atoms with E-state index in [0.29, 0.717) is 4.47 Å². The van der Waals surface area contributed by atoms with E-state index in [1.807, 2.05) is 0 Å². The van der Waals surface area contributed by atoms with Gasteiger partial charge >= 0.3 is 7.82 Å². The lowest BCUT2D eigenvalue weighted by Gasteiger charge is -2.15. The Balaban J connectivity index is 2.94. The lowest BCUT2D eigenvalue weighted by molar-refractivity contribution is 0.210. The van der Waals surface area contributed by atoms with E-state index >= 15 is 0 Å². The summed E-state index contributed by atoms with van der Waals surface area (Å²) in [5, 5.41) is 9.13. The Labute approximate surface area is 95.7 Å². The third-order valence-electron chi connectivity index (χ3n) is 1.57. The van der Waals surface area contributed by atoms with Gasteiger partial charge in [-0.25, -0.2) is 4.57 Å². The van der Waals surface area contributed by atoms with Crippen LogP contribution in [-0.4, -0.2) is 19.3 Å². The fraction of sp³-hybridized carbons (Fsp3) is 0.250. The van der Waals surface area contributed by atoms with Gasteiger partial charge in [0.25, 0.3) is 0 Å². The molecule has 0 atom stereocenters. The summed E-state index contributed by atoms with van der Waals surface area (Å²) in [6.07, 6.45) is 0. The Kier molecular flexibility index (Phi) is 4.16. The van der Waals surface area contributed by atoms with Gasteiger partial charge in [-0.3, -0.25) is 9.05 Å². The number of rotatable bonds is 4. The van der Waals surface area contributed by atoms with E-state index in [1.165, 1.54) is 32.4 Å². The summed E-state index contributed by atoms with van der Waals surface area (Å²) in [6.45, 7) is 0. The molecule has 0 aliphatic rings. The maximum absolute atomic E-state index is 11.6. The molecule has 1 aromatic rings. The first-order chi connectivity index (χ1) is 7.00. The standard InChI is InChI=1S/C8H10BrO5P/c1-12-15(11,13-2)14-8-4-3-6(10)5-7(8)9/h3-5,10H,1-2H3. The molecule has 7 heteroatoms. The van der Waals surface area contributed by atoms with E-state index in [-0.39, 0.29) is 11.5 Å². The fourth-order valence-corrected chi connectivity index (χ4v) is 2.10. The Morgan fingerprint density at radius 3 is 2.40 bits per heavy atom. The van der Waals surface area contributed by atoms with Crippen LogP contribution in [-0.2, 0) is 13.6 Å². The molecule has 0 aliphatic heterocycles. The van der Waals surface area contributed by atoms with Gasteiger partial charge in [-0.1, -0.05) is 0 Å². The summed E-state index contributed by atoms with van der Waals surface area (Å²) in [6, 6.07) is 4.25. The minimum atomic E-state index is -3.56. The van der Waals surface area contributed by atoms with Crippen LogP contribution in [0.1, 0.15) is 0 Å². The summed E-state index contributed by atoms with van der Waals surface area (Å²) in [4.78, 5) is 0. The molecule has 0 radical (unpaired) electrons. The first-order valence-electron chi connectivity index (χ1n) is 3.90. The molecule has 0 aromatic heterocycles. The molecule has 0 aliphatic carbocycles. The third-order valence-corrected chi connectivity index (χ3v) is 3.51. The highest BCUT2D eigenvalue weighted by Crippen LogP contribution is 2.49. The van der Waals surface area contributed by atoms with Crippen LogP contribution >= 0.6 is 23.8 Å². The molecule has 5 nitrogen and oxygen atoms in total. The monoisotopic (exact) mass is 296 g/mol. The van der Waals surface area contributed by atoms with Crippen molar-refractivity contribution < 1.29 is 23.2 Å². The van der Waals surface area contributed by atoms with Crippen LogP contribution in [0, 0.1) is 0 Å². The predicted molar refractivity (Wildman–Crippen MR) is 58.1 cm³/mol. The lowest BCUT2D eigenvalue weighted by atomic mass is 10.3. The Morgan fingerprint density at radius 2 is 1.93 bits per heavy atom. The topological polar surface area (TPSA) is 65.0 Å². The molecular formula is C8H10BrO5P. The molecular weight excluding hydrogens is 287 g/mol. The molecule has 15 heavy (non-hydrogen) atoms. The van der Waals surface area contributed by atoms with E-state index in [0.717, 1.165) is 0 Å². The molecule has 1 N–H and O–H groups in total. The van der Waals surface area contributed by atoms with Crippen LogP contribution < -0.4 is 4.52 Å². The lowest BCUT2D eigenvalue weighted by Crippen LogP contribution is -1.97. The molecule has 84 valence electrons. The number of hydrogen-bond donors (Lipinski definition) is 1. The van der Waals surface area contributed by atoms with Gasteiger partial charge in [0.1, 0.15) is 11.5 Å². The van der Waals surface area contributed by atoms with Gasteiger partial charge in [0.2, 0.25) is 0 Å². The summed E-state index contributed by atoms with van der Waals surface area (Å²) in [5.41, 5.74) is 0. The average molecular weight is 297 g/mol. The molecule has 0 unspecified atom stereocenters. The van der Waals surface area contributed by atoms with Crippen LogP contribution in [0.3, 0.4) is 0 Å². The first kappa shape index (κ1) is 12.5. The Hall–Kier alpha value is -0.550. The molecule has 0 amide bonds. The van der Waals surface area contributed by atoms with Crippen molar-refractivity contribution >= 4 is 23.8 Å². The molecule has 0 saturated carbocycles. The van der Waals surface area contributed by atoms with Gasteiger partial charge in [0, 0.05) is 14.2 Å². The number of phosphoric ester groups is 1. The number of phosphoric acid groups is 1. The van der Waals surface area contributed by atoms with Crippen molar-refractivity contribution in [1.29, 1.82) is 0 Å². The largest absolute Gasteiger partial charge is 0.529 e. The van der Waals surface area contributed by atoms with Crippen LogP contribution in [0.4, 0.5) is 0 Å². The number of hydrogen-bond acceptors (Lipinski definition) is 5. The van der Waals surface area contributed by atoms with Gasteiger partial charge in [0.05, 0.1) is 4.47 Å². The number of phenolic OH excluding ortho intramolecular Hbond substituents is 1. The minimum Gasteiger partial charge on any atom is -0.508 e. The summed E-state index contributed by atoms with van der Waals surface area (Å²) < 4.78 is 26.3. The number of aromatic hydroxyl groups is 1. The third kappa shape index (κ3) is 3.21. The zero-order valence-corrected chi connectivity index (χ0v) is 10.6. The van der Waals surface area contributed by atoms with E-state index < -0.39 is 7.82 Å². The van der Waals surface area contributed by atoms with Crippen molar-refractivity contribution in [3.8, 4) is 11.5 Å². The quantitative estimate of drug-likeness (QED) is 0.866. The first-order valence-corrected chi connectivity index (χ1v) is 6.16. The van der Waals surface area contributed by atoms with Crippen molar-refractivity contribution in [1.82, 2.24) is 0 Å². The second kappa shape index (κ2) is 4.99. The van der Waals surface area contributed by atoms with Gasteiger partial charge in [0.15, 0.2) is 0 Å². The molecule has 0 bridgehead atoms. The highest BCUT2D eigenvalue weighted by atomic mass is 79.9. The number of phenols is 1. The Bertz CT molecular complexity index is 387. The second-order valence-electron chi connectivity index (χ2n) is 2.52. The van der Waals surface area contributed by atoms with Crippen molar-refractivity contribution in [2.24, 2.45) is 0 Å². The fourth-order valence-electron chi connectivity index (χ4n) is 0.833. The van der Waals surface area contributed by atoms with E-state index in [1.54, 1.807) is 0 Å². The van der Waals surface area contributed by atoms with Crippen LogP contribution in [0.2, 0.25) is 0 Å². The minimum absolute atomic E-state index is 0.0684. The second-order valence-corrected chi connectivity index (χ2v) is 5.18. The predicted octanol–water partition coefficient (Wildman–Crippen LogP) is 2.93. The molecule has 1 rings (SSSR count).